The number of amides is 1. The van der Waals surface area contributed by atoms with Crippen LogP contribution in [0.4, 0.5) is 0 Å². The maximum absolute atomic E-state index is 12.7. The summed E-state index contributed by atoms with van der Waals surface area (Å²) >= 11 is 0. The standard InChI is InChI=1S/C15H25N3O4/c1-4-22-15(2,3)14(21)17-6-5-7-18-11(9-17)8-12(16-18)13(20)10-19/h8,13,19-20H,4-7,9-10H2,1-3H3. The first-order chi connectivity index (χ1) is 10.4. The second kappa shape index (κ2) is 6.76. The van der Waals surface area contributed by atoms with E-state index < -0.39 is 11.7 Å². The molecular weight excluding hydrogens is 286 g/mol. The summed E-state index contributed by atoms with van der Waals surface area (Å²) in [6.07, 6.45) is -0.194. The number of aliphatic hydroxyl groups excluding tert-OH is 2. The molecule has 1 amide bonds. The molecule has 124 valence electrons. The lowest BCUT2D eigenvalue weighted by Gasteiger charge is -2.30. The maximum atomic E-state index is 12.7. The normalized spacial score (nSPS) is 17.0. The highest BCUT2D eigenvalue weighted by Gasteiger charge is 2.34. The van der Waals surface area contributed by atoms with Crippen LogP contribution in [0.15, 0.2) is 6.07 Å². The SMILES string of the molecule is CCOC(C)(C)C(=O)N1CCCn2nc(C(O)CO)cc2C1. The monoisotopic (exact) mass is 311 g/mol. The Morgan fingerprint density at radius 2 is 2.23 bits per heavy atom. The topological polar surface area (TPSA) is 87.8 Å². The third kappa shape index (κ3) is 3.48. The first kappa shape index (κ1) is 16.9. The Morgan fingerprint density at radius 3 is 2.86 bits per heavy atom. The van der Waals surface area contributed by atoms with Crippen LogP contribution in [0.2, 0.25) is 0 Å². The smallest absolute Gasteiger partial charge is 0.254 e. The van der Waals surface area contributed by atoms with E-state index in [1.807, 2.05) is 6.92 Å². The van der Waals surface area contributed by atoms with E-state index in [1.165, 1.54) is 0 Å². The van der Waals surface area contributed by atoms with E-state index in [0.717, 1.165) is 12.1 Å². The summed E-state index contributed by atoms with van der Waals surface area (Å²) in [4.78, 5) is 14.4. The van der Waals surface area contributed by atoms with Crippen molar-refractivity contribution in [3.05, 3.63) is 17.5 Å². The van der Waals surface area contributed by atoms with Gasteiger partial charge in [0, 0.05) is 19.7 Å². The van der Waals surface area contributed by atoms with Gasteiger partial charge in [-0.1, -0.05) is 0 Å². The molecule has 1 unspecified atom stereocenters. The van der Waals surface area contributed by atoms with Gasteiger partial charge in [0.1, 0.15) is 11.7 Å². The third-order valence-corrected chi connectivity index (χ3v) is 3.85. The quantitative estimate of drug-likeness (QED) is 0.824. The maximum Gasteiger partial charge on any atom is 0.254 e. The van der Waals surface area contributed by atoms with Gasteiger partial charge in [0.25, 0.3) is 5.91 Å². The van der Waals surface area contributed by atoms with E-state index in [1.54, 1.807) is 29.5 Å². The van der Waals surface area contributed by atoms with Crippen molar-refractivity contribution in [2.75, 3.05) is 19.8 Å². The molecule has 0 spiro atoms. The number of aromatic nitrogens is 2. The summed E-state index contributed by atoms with van der Waals surface area (Å²) in [5.41, 5.74) is 0.453. The fourth-order valence-corrected chi connectivity index (χ4v) is 2.72. The Labute approximate surface area is 130 Å². The van der Waals surface area contributed by atoms with Crippen molar-refractivity contribution in [2.45, 2.75) is 52.0 Å². The summed E-state index contributed by atoms with van der Waals surface area (Å²) in [5.74, 6) is -0.0479. The van der Waals surface area contributed by atoms with Gasteiger partial charge in [-0.2, -0.15) is 5.10 Å². The van der Waals surface area contributed by atoms with E-state index in [0.29, 0.717) is 31.9 Å². The third-order valence-electron chi connectivity index (χ3n) is 3.85. The van der Waals surface area contributed by atoms with E-state index >= 15 is 0 Å². The van der Waals surface area contributed by atoms with Gasteiger partial charge in [0.15, 0.2) is 0 Å². The van der Waals surface area contributed by atoms with Crippen LogP contribution in [0.1, 0.15) is 44.7 Å². The van der Waals surface area contributed by atoms with Gasteiger partial charge in [-0.3, -0.25) is 9.48 Å². The summed E-state index contributed by atoms with van der Waals surface area (Å²) in [6.45, 7) is 7.32. The second-order valence-corrected chi connectivity index (χ2v) is 6.01. The van der Waals surface area contributed by atoms with Crippen molar-refractivity contribution in [1.29, 1.82) is 0 Å². The Kier molecular flexibility index (Phi) is 5.20. The second-order valence-electron chi connectivity index (χ2n) is 6.01. The van der Waals surface area contributed by atoms with Gasteiger partial charge in [0.2, 0.25) is 0 Å². The van der Waals surface area contributed by atoms with Gasteiger partial charge in [0.05, 0.1) is 24.5 Å². The Bertz CT molecular complexity index is 527. The molecule has 0 saturated heterocycles. The average Bonchev–Trinajstić information content (AvgIpc) is 2.77. The molecular formula is C15H25N3O4. The molecule has 7 nitrogen and oxygen atoms in total. The molecule has 1 aromatic rings. The molecule has 0 aromatic carbocycles. The fourth-order valence-electron chi connectivity index (χ4n) is 2.72. The minimum absolute atomic E-state index is 0.0479. The van der Waals surface area contributed by atoms with E-state index in [2.05, 4.69) is 5.10 Å². The lowest BCUT2D eigenvalue weighted by molar-refractivity contribution is -0.154. The molecule has 22 heavy (non-hydrogen) atoms. The van der Waals surface area contributed by atoms with Gasteiger partial charge in [-0.25, -0.2) is 0 Å². The van der Waals surface area contributed by atoms with Crippen molar-refractivity contribution in [2.24, 2.45) is 0 Å². The van der Waals surface area contributed by atoms with Crippen molar-refractivity contribution in [1.82, 2.24) is 14.7 Å². The van der Waals surface area contributed by atoms with Crippen LogP contribution < -0.4 is 0 Å². The van der Waals surface area contributed by atoms with Crippen LogP contribution in [0.5, 0.6) is 0 Å². The lowest BCUT2D eigenvalue weighted by atomic mass is 10.1. The zero-order valence-corrected chi connectivity index (χ0v) is 13.4. The number of nitrogens with zero attached hydrogens (tertiary/aromatic N) is 3. The van der Waals surface area contributed by atoms with Gasteiger partial charge >= 0.3 is 0 Å². The predicted octanol–water partition coefficient (Wildman–Crippen LogP) is 0.456. The van der Waals surface area contributed by atoms with Crippen molar-refractivity contribution < 1.29 is 19.7 Å². The summed E-state index contributed by atoms with van der Waals surface area (Å²) < 4.78 is 7.35. The van der Waals surface area contributed by atoms with Gasteiger partial charge in [-0.05, 0) is 33.3 Å². The molecule has 2 heterocycles. The van der Waals surface area contributed by atoms with Crippen molar-refractivity contribution in [3.8, 4) is 0 Å². The van der Waals surface area contributed by atoms with Crippen LogP contribution in [0.25, 0.3) is 0 Å². The fraction of sp³-hybridized carbons (Fsp3) is 0.733. The Balaban J connectivity index is 2.18. The minimum Gasteiger partial charge on any atom is -0.393 e. The molecule has 2 rings (SSSR count). The highest BCUT2D eigenvalue weighted by molar-refractivity contribution is 5.84. The number of aryl methyl sites for hydroxylation is 1. The molecule has 0 radical (unpaired) electrons. The molecule has 1 aliphatic heterocycles. The molecule has 7 heteroatoms. The molecule has 1 aliphatic rings. The zero-order valence-electron chi connectivity index (χ0n) is 13.4. The Hall–Kier alpha value is -1.44. The van der Waals surface area contributed by atoms with E-state index in [9.17, 15) is 9.90 Å². The largest absolute Gasteiger partial charge is 0.393 e. The molecule has 1 aromatic heterocycles. The van der Waals surface area contributed by atoms with Crippen LogP contribution >= 0.6 is 0 Å². The van der Waals surface area contributed by atoms with Gasteiger partial charge in [-0.15, -0.1) is 0 Å². The number of fused-ring (bicyclic) bond motifs is 1. The summed E-state index contributed by atoms with van der Waals surface area (Å²) in [6, 6.07) is 1.75. The average molecular weight is 311 g/mol. The van der Waals surface area contributed by atoms with E-state index in [-0.39, 0.29) is 12.5 Å². The number of ether oxygens (including phenoxy) is 1. The molecule has 2 N–H and O–H groups in total. The van der Waals surface area contributed by atoms with Crippen molar-refractivity contribution in [3.63, 3.8) is 0 Å². The van der Waals surface area contributed by atoms with Crippen molar-refractivity contribution >= 4 is 5.91 Å². The number of carbonyl (C=O) groups is 1. The first-order valence-electron chi connectivity index (χ1n) is 7.68. The minimum atomic E-state index is -0.983. The molecule has 0 fully saturated rings. The predicted molar refractivity (Wildman–Crippen MR) is 80.0 cm³/mol. The summed E-state index contributed by atoms with van der Waals surface area (Å²) in [5, 5.41) is 23.0. The number of rotatable bonds is 5. The lowest BCUT2D eigenvalue weighted by Crippen LogP contribution is -2.46. The molecule has 0 saturated carbocycles. The highest BCUT2D eigenvalue weighted by Crippen LogP contribution is 2.21. The van der Waals surface area contributed by atoms with Gasteiger partial charge < -0.3 is 19.8 Å². The highest BCUT2D eigenvalue weighted by atomic mass is 16.5. The van der Waals surface area contributed by atoms with Crippen LogP contribution in [0.3, 0.4) is 0 Å². The summed E-state index contributed by atoms with van der Waals surface area (Å²) in [7, 11) is 0. The van der Waals surface area contributed by atoms with Crippen LogP contribution in [-0.2, 0) is 22.6 Å². The van der Waals surface area contributed by atoms with Crippen LogP contribution in [-0.4, -0.2) is 56.2 Å². The molecule has 0 aliphatic carbocycles. The number of aliphatic hydroxyl groups is 2. The molecule has 0 bridgehead atoms. The number of hydrogen-bond donors (Lipinski definition) is 2. The number of carbonyl (C=O) groups excluding carboxylic acids is 1. The molecule has 1 atom stereocenters. The van der Waals surface area contributed by atoms with Crippen LogP contribution in [0, 0.1) is 0 Å². The zero-order chi connectivity index (χ0) is 16.3. The first-order valence-corrected chi connectivity index (χ1v) is 7.68. The van der Waals surface area contributed by atoms with E-state index in [4.69, 9.17) is 9.84 Å². The number of hydrogen-bond acceptors (Lipinski definition) is 5. The Morgan fingerprint density at radius 1 is 1.50 bits per heavy atom.